The van der Waals surface area contributed by atoms with Gasteiger partial charge >= 0.3 is 0 Å². The minimum atomic E-state index is -0.629. The van der Waals surface area contributed by atoms with Crippen LogP contribution in [0.25, 0.3) is 0 Å². The van der Waals surface area contributed by atoms with Crippen molar-refractivity contribution in [2.75, 3.05) is 6.54 Å². The molecule has 0 aliphatic rings. The van der Waals surface area contributed by atoms with Gasteiger partial charge in [0, 0.05) is 5.41 Å². The molecule has 0 radical (unpaired) electrons. The Morgan fingerprint density at radius 1 is 1.14 bits per heavy atom. The van der Waals surface area contributed by atoms with E-state index in [2.05, 4.69) is 4.99 Å². The van der Waals surface area contributed by atoms with Gasteiger partial charge in [0.1, 0.15) is 0 Å². The largest absolute Gasteiger partial charge is 0.387 e. The Kier molecular flexibility index (Phi) is 3.68. The first kappa shape index (κ1) is 12.9. The summed E-state index contributed by atoms with van der Waals surface area (Å²) in [5.41, 5.74) is 10.2. The molecule has 0 bridgehead atoms. The Morgan fingerprint density at radius 3 is 1.86 bits per heavy atom. The molecule has 0 aromatic heterocycles. The lowest BCUT2D eigenvalue weighted by molar-refractivity contribution is -0.125. The van der Waals surface area contributed by atoms with Gasteiger partial charge in [0.15, 0.2) is 0 Å². The molecule has 0 unspecified atom stereocenters. The molecule has 0 rings (SSSR count). The molecule has 0 aliphatic carbocycles. The highest BCUT2D eigenvalue weighted by Gasteiger charge is 2.25. The smallest absolute Gasteiger partial charge is 0.224 e. The molecule has 0 aromatic carbocycles. The van der Waals surface area contributed by atoms with Crippen molar-refractivity contribution in [3.05, 3.63) is 0 Å². The monoisotopic (exact) mass is 199 g/mol. The number of amidine groups is 1. The molecule has 4 heteroatoms. The Balaban J connectivity index is 4.52. The van der Waals surface area contributed by atoms with Crippen molar-refractivity contribution in [3.8, 4) is 0 Å². The van der Waals surface area contributed by atoms with E-state index in [0.717, 1.165) is 0 Å². The van der Waals surface area contributed by atoms with E-state index in [-0.39, 0.29) is 11.3 Å². The SMILES string of the molecule is CC(C)(C)C(N)=NCC(C)(C)C(N)=O. The fraction of sp³-hybridized carbons (Fsp3) is 0.800. The van der Waals surface area contributed by atoms with Crippen LogP contribution < -0.4 is 11.5 Å². The molecule has 82 valence electrons. The minimum Gasteiger partial charge on any atom is -0.387 e. The van der Waals surface area contributed by atoms with Crippen molar-refractivity contribution in [2.24, 2.45) is 27.3 Å². The van der Waals surface area contributed by atoms with Crippen molar-refractivity contribution in [3.63, 3.8) is 0 Å². The number of hydrogen-bond donors (Lipinski definition) is 2. The van der Waals surface area contributed by atoms with E-state index in [0.29, 0.717) is 12.4 Å². The zero-order valence-corrected chi connectivity index (χ0v) is 9.72. The molecular weight excluding hydrogens is 178 g/mol. The van der Waals surface area contributed by atoms with Gasteiger partial charge in [-0.05, 0) is 13.8 Å². The molecular formula is C10H21N3O. The molecule has 14 heavy (non-hydrogen) atoms. The quantitative estimate of drug-likeness (QED) is 0.523. The average Bonchev–Trinajstić information content (AvgIpc) is 1.98. The number of carbonyl (C=O) groups excluding carboxylic acids is 1. The van der Waals surface area contributed by atoms with Crippen LogP contribution in [0.4, 0.5) is 0 Å². The first-order valence-corrected chi connectivity index (χ1v) is 4.67. The average molecular weight is 199 g/mol. The molecule has 4 N–H and O–H groups in total. The lowest BCUT2D eigenvalue weighted by atomic mass is 9.92. The zero-order chi connectivity index (χ0) is 11.6. The van der Waals surface area contributed by atoms with Gasteiger partial charge in [0.05, 0.1) is 17.8 Å². The maximum atomic E-state index is 11.0. The zero-order valence-electron chi connectivity index (χ0n) is 9.72. The summed E-state index contributed by atoms with van der Waals surface area (Å²) in [7, 11) is 0. The maximum absolute atomic E-state index is 11.0. The molecule has 0 aliphatic heterocycles. The molecule has 4 nitrogen and oxygen atoms in total. The molecule has 0 spiro atoms. The minimum absolute atomic E-state index is 0.159. The fourth-order valence-corrected chi connectivity index (χ4v) is 0.598. The van der Waals surface area contributed by atoms with E-state index in [1.165, 1.54) is 0 Å². The predicted molar refractivity (Wildman–Crippen MR) is 58.9 cm³/mol. The summed E-state index contributed by atoms with van der Waals surface area (Å²) in [6.45, 7) is 9.78. The number of hydrogen-bond acceptors (Lipinski definition) is 2. The van der Waals surface area contributed by atoms with Crippen LogP contribution in [0.5, 0.6) is 0 Å². The Bertz CT molecular complexity index is 249. The van der Waals surface area contributed by atoms with Crippen molar-refractivity contribution in [1.29, 1.82) is 0 Å². The van der Waals surface area contributed by atoms with Gasteiger partial charge in [-0.1, -0.05) is 20.8 Å². The standard InChI is InChI=1S/C10H21N3O/c1-9(2,3)7(11)13-6-10(4,5)8(12)14/h6H2,1-5H3,(H2,11,13)(H2,12,14). The lowest BCUT2D eigenvalue weighted by Crippen LogP contribution is -2.36. The maximum Gasteiger partial charge on any atom is 0.224 e. The summed E-state index contributed by atoms with van der Waals surface area (Å²) >= 11 is 0. The second kappa shape index (κ2) is 3.98. The van der Waals surface area contributed by atoms with E-state index >= 15 is 0 Å². The third-order valence-electron chi connectivity index (χ3n) is 2.08. The number of aliphatic imine (C=N–C) groups is 1. The number of primary amides is 1. The third-order valence-corrected chi connectivity index (χ3v) is 2.08. The highest BCUT2D eigenvalue weighted by atomic mass is 16.1. The lowest BCUT2D eigenvalue weighted by Gasteiger charge is -2.21. The van der Waals surface area contributed by atoms with Crippen LogP contribution in [0.1, 0.15) is 34.6 Å². The van der Waals surface area contributed by atoms with E-state index in [9.17, 15) is 4.79 Å². The van der Waals surface area contributed by atoms with Crippen LogP contribution in [0.15, 0.2) is 4.99 Å². The Hall–Kier alpha value is -1.06. The summed E-state index contributed by atoms with van der Waals surface area (Å²) in [6.07, 6.45) is 0. The topological polar surface area (TPSA) is 81.5 Å². The van der Waals surface area contributed by atoms with E-state index in [1.807, 2.05) is 20.8 Å². The van der Waals surface area contributed by atoms with Crippen molar-refractivity contribution < 1.29 is 4.79 Å². The first-order valence-electron chi connectivity index (χ1n) is 4.67. The number of rotatable bonds is 3. The summed E-state index contributed by atoms with van der Waals surface area (Å²) in [5, 5.41) is 0. The highest BCUT2D eigenvalue weighted by molar-refractivity contribution is 5.86. The summed E-state index contributed by atoms with van der Waals surface area (Å²) < 4.78 is 0. The van der Waals surface area contributed by atoms with Crippen LogP contribution in [0.3, 0.4) is 0 Å². The molecule has 0 saturated carbocycles. The molecule has 1 amide bonds. The van der Waals surface area contributed by atoms with Crippen LogP contribution in [0.2, 0.25) is 0 Å². The van der Waals surface area contributed by atoms with Gasteiger partial charge in [-0.25, -0.2) is 0 Å². The van der Waals surface area contributed by atoms with E-state index in [4.69, 9.17) is 11.5 Å². The van der Waals surface area contributed by atoms with Crippen LogP contribution in [-0.2, 0) is 4.79 Å². The number of nitrogens with two attached hydrogens (primary N) is 2. The molecule has 0 atom stereocenters. The normalized spacial score (nSPS) is 14.2. The second-order valence-electron chi connectivity index (χ2n) is 5.20. The van der Waals surface area contributed by atoms with Gasteiger partial charge in [0.2, 0.25) is 5.91 Å². The number of amides is 1. The Labute approximate surface area is 85.8 Å². The van der Waals surface area contributed by atoms with E-state index in [1.54, 1.807) is 13.8 Å². The van der Waals surface area contributed by atoms with Crippen molar-refractivity contribution in [2.45, 2.75) is 34.6 Å². The molecule has 0 heterocycles. The highest BCUT2D eigenvalue weighted by Crippen LogP contribution is 2.17. The van der Waals surface area contributed by atoms with Crippen LogP contribution >= 0.6 is 0 Å². The van der Waals surface area contributed by atoms with Gasteiger partial charge < -0.3 is 11.5 Å². The molecule has 0 aromatic rings. The molecule has 0 fully saturated rings. The van der Waals surface area contributed by atoms with Crippen LogP contribution in [-0.4, -0.2) is 18.3 Å². The van der Waals surface area contributed by atoms with E-state index < -0.39 is 5.41 Å². The van der Waals surface area contributed by atoms with Crippen molar-refractivity contribution in [1.82, 2.24) is 0 Å². The number of nitrogens with zero attached hydrogens (tertiary/aromatic N) is 1. The number of carbonyl (C=O) groups is 1. The third kappa shape index (κ3) is 3.77. The van der Waals surface area contributed by atoms with Gasteiger partial charge in [-0.2, -0.15) is 0 Å². The van der Waals surface area contributed by atoms with Gasteiger partial charge in [-0.15, -0.1) is 0 Å². The summed E-state index contributed by atoms with van der Waals surface area (Å²) in [5.74, 6) is 0.190. The van der Waals surface area contributed by atoms with Gasteiger partial charge in [-0.3, -0.25) is 9.79 Å². The summed E-state index contributed by atoms with van der Waals surface area (Å²) in [6, 6.07) is 0. The second-order valence-corrected chi connectivity index (χ2v) is 5.20. The Morgan fingerprint density at radius 2 is 1.57 bits per heavy atom. The first-order chi connectivity index (χ1) is 6.07. The van der Waals surface area contributed by atoms with Crippen molar-refractivity contribution >= 4 is 11.7 Å². The fourth-order valence-electron chi connectivity index (χ4n) is 0.598. The van der Waals surface area contributed by atoms with Crippen LogP contribution in [0, 0.1) is 10.8 Å². The predicted octanol–water partition coefficient (Wildman–Crippen LogP) is 0.901. The summed E-state index contributed by atoms with van der Waals surface area (Å²) in [4.78, 5) is 15.2. The van der Waals surface area contributed by atoms with Gasteiger partial charge in [0.25, 0.3) is 0 Å². The molecule has 0 saturated heterocycles.